The number of nitrogens with one attached hydrogen (secondary N) is 1. The van der Waals surface area contributed by atoms with E-state index in [2.05, 4.69) is 5.32 Å². The summed E-state index contributed by atoms with van der Waals surface area (Å²) in [6.45, 7) is 0.243. The van der Waals surface area contributed by atoms with Crippen LogP contribution in [0.4, 0.5) is 0 Å². The summed E-state index contributed by atoms with van der Waals surface area (Å²) in [7, 11) is 0. The number of hydrogen-bond donors (Lipinski definition) is 2. The fourth-order valence-corrected chi connectivity index (χ4v) is 2.66. The molecule has 1 aromatic carbocycles. The molecule has 114 valence electrons. The Bertz CT molecular complexity index is 482. The maximum atomic E-state index is 12.4. The first kappa shape index (κ1) is 15.5. The lowest BCUT2D eigenvalue weighted by molar-refractivity contribution is -0.142. The highest BCUT2D eigenvalue weighted by Crippen LogP contribution is 2.43. The molecule has 1 aliphatic carbocycles. The first-order valence-corrected chi connectivity index (χ1v) is 7.24. The van der Waals surface area contributed by atoms with Gasteiger partial charge in [-0.3, -0.25) is 4.79 Å². The lowest BCUT2D eigenvalue weighted by Gasteiger charge is -2.40. The zero-order chi connectivity index (χ0) is 15.1. The maximum Gasteiger partial charge on any atom is 0.329 e. The molecule has 0 heterocycles. The Morgan fingerprint density at radius 3 is 2.52 bits per heavy atom. The predicted molar refractivity (Wildman–Crippen MR) is 77.9 cm³/mol. The van der Waals surface area contributed by atoms with Crippen molar-refractivity contribution >= 4 is 11.9 Å². The number of ether oxygens (including phenoxy) is 1. The lowest BCUT2D eigenvalue weighted by Crippen LogP contribution is -2.48. The molecule has 1 aromatic rings. The summed E-state index contributed by atoms with van der Waals surface area (Å²) in [5.74, 6) is -0.947. The molecule has 5 heteroatoms. The normalized spacial score (nSPS) is 16.0. The summed E-state index contributed by atoms with van der Waals surface area (Å²) < 4.78 is 4.91. The molecule has 0 spiro atoms. The molecule has 0 aromatic heterocycles. The predicted octanol–water partition coefficient (Wildman–Crippen LogP) is 1.62. The highest BCUT2D eigenvalue weighted by atomic mass is 16.5. The van der Waals surface area contributed by atoms with Gasteiger partial charge in [0, 0.05) is 6.54 Å². The van der Waals surface area contributed by atoms with Gasteiger partial charge in [-0.15, -0.1) is 0 Å². The Balaban J connectivity index is 1.80. The monoisotopic (exact) mass is 291 g/mol. The molecule has 0 aliphatic heterocycles. The van der Waals surface area contributed by atoms with Gasteiger partial charge < -0.3 is 15.2 Å². The fraction of sp³-hybridized carbons (Fsp3) is 0.500. The summed E-state index contributed by atoms with van der Waals surface area (Å²) in [4.78, 5) is 22.7. The Morgan fingerprint density at radius 2 is 1.95 bits per heavy atom. The van der Waals surface area contributed by atoms with Crippen LogP contribution in [-0.2, 0) is 20.7 Å². The van der Waals surface area contributed by atoms with Gasteiger partial charge >= 0.3 is 5.97 Å². The zero-order valence-electron chi connectivity index (χ0n) is 12.0. The van der Waals surface area contributed by atoms with Gasteiger partial charge in [0.05, 0.1) is 12.0 Å². The van der Waals surface area contributed by atoms with Crippen LogP contribution in [-0.4, -0.2) is 36.7 Å². The highest BCUT2D eigenvalue weighted by molar-refractivity contribution is 5.83. The average Bonchev–Trinajstić information content (AvgIpc) is 2.43. The van der Waals surface area contributed by atoms with E-state index in [1.165, 1.54) is 5.56 Å². The summed E-state index contributed by atoms with van der Waals surface area (Å²) in [6.07, 6.45) is 3.65. The number of carboxylic acid groups (broad SMARTS) is 1. The molecule has 1 aliphatic rings. The smallest absolute Gasteiger partial charge is 0.329 e. The number of carbonyl (C=O) groups is 2. The Labute approximate surface area is 124 Å². The van der Waals surface area contributed by atoms with Gasteiger partial charge in [0.1, 0.15) is 6.61 Å². The van der Waals surface area contributed by atoms with Crippen molar-refractivity contribution in [3.8, 4) is 0 Å². The van der Waals surface area contributed by atoms with Crippen LogP contribution < -0.4 is 5.32 Å². The minimum absolute atomic E-state index is 0.0523. The maximum absolute atomic E-state index is 12.4. The quantitative estimate of drug-likeness (QED) is 0.714. The van der Waals surface area contributed by atoms with Crippen molar-refractivity contribution < 1.29 is 19.4 Å². The summed E-state index contributed by atoms with van der Waals surface area (Å²) >= 11 is 0. The van der Waals surface area contributed by atoms with Crippen molar-refractivity contribution in [2.45, 2.75) is 25.7 Å². The lowest BCUT2D eigenvalue weighted by atomic mass is 9.64. The molecule has 0 bridgehead atoms. The number of carboxylic acids is 1. The number of aliphatic carboxylic acids is 1. The zero-order valence-corrected chi connectivity index (χ0v) is 12.0. The van der Waals surface area contributed by atoms with E-state index in [4.69, 9.17) is 9.84 Å². The van der Waals surface area contributed by atoms with E-state index >= 15 is 0 Å². The Morgan fingerprint density at radius 1 is 1.24 bits per heavy atom. The second-order valence-electron chi connectivity index (χ2n) is 5.50. The van der Waals surface area contributed by atoms with E-state index in [0.29, 0.717) is 6.54 Å². The third-order valence-corrected chi connectivity index (χ3v) is 3.94. The van der Waals surface area contributed by atoms with E-state index in [1.807, 2.05) is 30.3 Å². The molecule has 1 fully saturated rings. The topological polar surface area (TPSA) is 75.6 Å². The third kappa shape index (κ3) is 4.29. The van der Waals surface area contributed by atoms with Crippen molar-refractivity contribution in [2.75, 3.05) is 19.8 Å². The van der Waals surface area contributed by atoms with Gasteiger partial charge in [-0.05, 0) is 24.8 Å². The summed E-state index contributed by atoms with van der Waals surface area (Å²) in [5, 5.41) is 11.3. The van der Waals surface area contributed by atoms with E-state index < -0.39 is 5.97 Å². The van der Waals surface area contributed by atoms with Gasteiger partial charge in [-0.25, -0.2) is 4.79 Å². The van der Waals surface area contributed by atoms with Crippen LogP contribution in [0.25, 0.3) is 0 Å². The van der Waals surface area contributed by atoms with Crippen molar-refractivity contribution in [1.82, 2.24) is 5.32 Å². The molecule has 0 atom stereocenters. The van der Waals surface area contributed by atoms with E-state index in [9.17, 15) is 9.59 Å². The molecule has 2 N–H and O–H groups in total. The average molecular weight is 291 g/mol. The van der Waals surface area contributed by atoms with Crippen molar-refractivity contribution in [3.05, 3.63) is 35.9 Å². The van der Waals surface area contributed by atoms with Crippen molar-refractivity contribution in [1.29, 1.82) is 0 Å². The number of benzene rings is 1. The van der Waals surface area contributed by atoms with Gasteiger partial charge in [-0.1, -0.05) is 36.8 Å². The van der Waals surface area contributed by atoms with Crippen LogP contribution in [0.15, 0.2) is 30.3 Å². The molecular formula is C16H21NO4. The SMILES string of the molecule is O=C(O)COCCNC(=O)C1(Cc2ccccc2)CCC1. The van der Waals surface area contributed by atoms with Crippen LogP contribution >= 0.6 is 0 Å². The van der Waals surface area contributed by atoms with Crippen LogP contribution in [0.2, 0.25) is 0 Å². The van der Waals surface area contributed by atoms with Crippen molar-refractivity contribution in [3.63, 3.8) is 0 Å². The fourth-order valence-electron chi connectivity index (χ4n) is 2.66. The second kappa shape index (κ2) is 7.22. The number of carbonyl (C=O) groups excluding carboxylic acids is 1. The van der Waals surface area contributed by atoms with E-state index in [0.717, 1.165) is 25.7 Å². The Kier molecular flexibility index (Phi) is 5.33. The van der Waals surface area contributed by atoms with Gasteiger partial charge in [0.2, 0.25) is 5.91 Å². The van der Waals surface area contributed by atoms with E-state index in [1.54, 1.807) is 0 Å². The molecule has 5 nitrogen and oxygen atoms in total. The van der Waals surface area contributed by atoms with Gasteiger partial charge in [-0.2, -0.15) is 0 Å². The molecule has 0 radical (unpaired) electrons. The van der Waals surface area contributed by atoms with Crippen LogP contribution in [0, 0.1) is 5.41 Å². The number of hydrogen-bond acceptors (Lipinski definition) is 3. The first-order chi connectivity index (χ1) is 10.1. The minimum Gasteiger partial charge on any atom is -0.480 e. The molecule has 21 heavy (non-hydrogen) atoms. The molecular weight excluding hydrogens is 270 g/mol. The summed E-state index contributed by atoms with van der Waals surface area (Å²) in [6, 6.07) is 10.0. The van der Waals surface area contributed by atoms with Crippen LogP contribution in [0.1, 0.15) is 24.8 Å². The molecule has 1 saturated carbocycles. The molecule has 2 rings (SSSR count). The van der Waals surface area contributed by atoms with Crippen LogP contribution in [0.5, 0.6) is 0 Å². The van der Waals surface area contributed by atoms with Crippen LogP contribution in [0.3, 0.4) is 0 Å². The van der Waals surface area contributed by atoms with Crippen molar-refractivity contribution in [2.24, 2.45) is 5.41 Å². The third-order valence-electron chi connectivity index (χ3n) is 3.94. The number of rotatable bonds is 8. The Hall–Kier alpha value is -1.88. The minimum atomic E-state index is -0.999. The highest BCUT2D eigenvalue weighted by Gasteiger charge is 2.43. The molecule has 0 unspecified atom stereocenters. The molecule has 1 amide bonds. The summed E-state index contributed by atoms with van der Waals surface area (Å²) in [5.41, 5.74) is 0.878. The number of amides is 1. The first-order valence-electron chi connectivity index (χ1n) is 7.24. The largest absolute Gasteiger partial charge is 0.480 e. The van der Waals surface area contributed by atoms with Gasteiger partial charge in [0.25, 0.3) is 0 Å². The molecule has 0 saturated heterocycles. The van der Waals surface area contributed by atoms with E-state index in [-0.39, 0.29) is 24.5 Å². The standard InChI is InChI=1S/C16H21NO4/c18-14(19)12-21-10-9-17-15(20)16(7-4-8-16)11-13-5-2-1-3-6-13/h1-3,5-6H,4,7-12H2,(H,17,20)(H,18,19). The van der Waals surface area contributed by atoms with Gasteiger partial charge in [0.15, 0.2) is 0 Å². The second-order valence-corrected chi connectivity index (χ2v) is 5.50.